The number of carboxylic acid groups (broad SMARTS) is 8. The van der Waals surface area contributed by atoms with Gasteiger partial charge in [0.15, 0.2) is 0 Å². The van der Waals surface area contributed by atoms with Crippen molar-refractivity contribution in [2.24, 2.45) is 28.7 Å². The van der Waals surface area contributed by atoms with Crippen LogP contribution in [-0.2, 0) is 43.1 Å². The van der Waals surface area contributed by atoms with Crippen LogP contribution in [0.2, 0.25) is 0 Å². The monoisotopic (exact) mass is 651 g/mol. The van der Waals surface area contributed by atoms with E-state index in [1.54, 1.807) is 0 Å². The summed E-state index contributed by atoms with van der Waals surface area (Å²) in [7, 11) is 0. The number of hydrogen-bond acceptors (Lipinski definition) is 14. The van der Waals surface area contributed by atoms with Crippen LogP contribution in [-0.4, -0.2) is 134 Å². The zero-order valence-corrected chi connectivity index (χ0v) is 23.9. The van der Waals surface area contributed by atoms with Crippen LogP contribution in [0.4, 0.5) is 0 Å². The minimum atomic E-state index is -1.31. The molecule has 0 aliphatic carbocycles. The lowest BCUT2D eigenvalue weighted by atomic mass is 10.2. The molecule has 44 heavy (non-hydrogen) atoms. The summed E-state index contributed by atoms with van der Waals surface area (Å²) in [6.45, 7) is 0.869. The van der Waals surface area contributed by atoms with Crippen LogP contribution in [0.1, 0.15) is 44.9 Å². The van der Waals surface area contributed by atoms with Crippen molar-refractivity contribution < 1.29 is 83.9 Å². The Morgan fingerprint density at radius 2 is 0.841 bits per heavy atom. The lowest BCUT2D eigenvalue weighted by molar-refractivity contribution is -0.149. The van der Waals surface area contributed by atoms with E-state index in [4.69, 9.17) is 69.5 Å². The van der Waals surface area contributed by atoms with Gasteiger partial charge in [-0.15, -0.1) is 0 Å². The van der Waals surface area contributed by atoms with Gasteiger partial charge in [-0.05, 0) is 38.9 Å². The van der Waals surface area contributed by atoms with E-state index in [9.17, 15) is 38.4 Å². The molecule has 0 saturated carbocycles. The molecular formula is C22H45N5O17. The maximum Gasteiger partial charge on any atom is 0.329 e. The fourth-order valence-electron chi connectivity index (χ4n) is 1.29. The van der Waals surface area contributed by atoms with Crippen molar-refractivity contribution in [2.45, 2.75) is 51.0 Å². The average molecular weight is 652 g/mol. The van der Waals surface area contributed by atoms with Crippen LogP contribution in [0.5, 0.6) is 0 Å². The molecule has 1 unspecified atom stereocenters. The SMILES string of the molecule is NCCC(=O)O.NCCC(N)C(=O)O.NCCCN.O=C(O)CC(=O)O.O=C(O)CCCC(=O)O.O=C(O)COCC(=O)O. The Bertz CT molecular complexity index is 740. The van der Waals surface area contributed by atoms with E-state index >= 15 is 0 Å². The molecule has 22 nitrogen and oxygen atoms in total. The maximum atomic E-state index is 9.91. The lowest BCUT2D eigenvalue weighted by Gasteiger charge is -2.00. The number of nitrogens with two attached hydrogens (primary N) is 5. The van der Waals surface area contributed by atoms with Gasteiger partial charge in [-0.25, -0.2) is 9.59 Å². The normalized spacial score (nSPS) is 9.39. The van der Waals surface area contributed by atoms with E-state index in [1.807, 2.05) is 0 Å². The fourth-order valence-corrected chi connectivity index (χ4v) is 1.29. The van der Waals surface area contributed by atoms with Crippen molar-refractivity contribution in [3.05, 3.63) is 0 Å². The second-order valence-electron chi connectivity index (χ2n) is 7.27. The summed E-state index contributed by atoms with van der Waals surface area (Å²) < 4.78 is 4.16. The molecule has 0 amide bonds. The third-order valence-electron chi connectivity index (χ3n) is 3.10. The van der Waals surface area contributed by atoms with Gasteiger partial charge >= 0.3 is 47.8 Å². The molecule has 0 fully saturated rings. The van der Waals surface area contributed by atoms with Gasteiger partial charge in [0.2, 0.25) is 0 Å². The topological polar surface area (TPSA) is 438 Å². The van der Waals surface area contributed by atoms with Gasteiger partial charge in [0, 0.05) is 19.4 Å². The van der Waals surface area contributed by atoms with Gasteiger partial charge in [0.25, 0.3) is 0 Å². The zero-order chi connectivity index (χ0) is 36.1. The van der Waals surface area contributed by atoms with Crippen LogP contribution in [0.3, 0.4) is 0 Å². The molecule has 0 aromatic carbocycles. The predicted molar refractivity (Wildman–Crippen MR) is 148 cm³/mol. The quantitative estimate of drug-likeness (QED) is 0.0678. The minimum Gasteiger partial charge on any atom is -0.481 e. The molecule has 0 aliphatic rings. The molecule has 0 saturated heterocycles. The van der Waals surface area contributed by atoms with E-state index in [2.05, 4.69) is 4.74 Å². The van der Waals surface area contributed by atoms with Crippen LogP contribution < -0.4 is 28.7 Å². The molecule has 0 heterocycles. The van der Waals surface area contributed by atoms with Gasteiger partial charge in [0.1, 0.15) is 25.7 Å². The molecule has 0 radical (unpaired) electrons. The lowest BCUT2D eigenvalue weighted by Crippen LogP contribution is -2.32. The number of aliphatic carboxylic acids is 8. The molecule has 0 spiro atoms. The van der Waals surface area contributed by atoms with Crippen molar-refractivity contribution in [1.82, 2.24) is 0 Å². The first kappa shape index (κ1) is 52.2. The number of carboxylic acids is 8. The highest BCUT2D eigenvalue weighted by Gasteiger charge is 2.08. The van der Waals surface area contributed by atoms with E-state index < -0.39 is 73.4 Å². The highest BCUT2D eigenvalue weighted by atomic mass is 16.5. The van der Waals surface area contributed by atoms with Gasteiger partial charge in [-0.1, -0.05) is 0 Å². The van der Waals surface area contributed by atoms with Crippen molar-refractivity contribution in [3.63, 3.8) is 0 Å². The average Bonchev–Trinajstić information content (AvgIpc) is 2.85. The third-order valence-corrected chi connectivity index (χ3v) is 3.10. The Hall–Kier alpha value is -4.48. The Morgan fingerprint density at radius 3 is 0.955 bits per heavy atom. The van der Waals surface area contributed by atoms with Crippen molar-refractivity contribution >= 4 is 47.8 Å². The highest BCUT2D eigenvalue weighted by molar-refractivity contribution is 5.88. The number of ether oxygens (including phenoxy) is 1. The summed E-state index contributed by atoms with van der Waals surface area (Å²) in [5.41, 5.74) is 25.0. The first-order valence-electron chi connectivity index (χ1n) is 12.1. The molecule has 0 rings (SSSR count). The van der Waals surface area contributed by atoms with Crippen LogP contribution in [0.15, 0.2) is 0 Å². The number of carbonyl (C=O) groups is 8. The molecule has 0 bridgehead atoms. The van der Waals surface area contributed by atoms with Gasteiger partial charge in [0.05, 0.1) is 6.42 Å². The number of rotatable bonds is 17. The largest absolute Gasteiger partial charge is 0.481 e. The van der Waals surface area contributed by atoms with E-state index in [0.29, 0.717) is 13.0 Å². The summed E-state index contributed by atoms with van der Waals surface area (Å²) in [6, 6.07) is -0.792. The molecule has 0 aliphatic heterocycles. The van der Waals surface area contributed by atoms with Crippen molar-refractivity contribution in [2.75, 3.05) is 39.4 Å². The zero-order valence-electron chi connectivity index (χ0n) is 23.9. The first-order valence-corrected chi connectivity index (χ1v) is 12.1. The third kappa shape index (κ3) is 90.5. The molecule has 0 aromatic heterocycles. The summed E-state index contributed by atoms with van der Waals surface area (Å²) in [5.74, 6) is -8.69. The maximum absolute atomic E-state index is 9.91. The van der Waals surface area contributed by atoms with Crippen molar-refractivity contribution in [1.29, 1.82) is 0 Å². The summed E-state index contributed by atoms with van der Waals surface area (Å²) in [5, 5.41) is 63.3. The fraction of sp³-hybridized carbons (Fsp3) is 0.636. The molecule has 0 aromatic rings. The number of hydrogen-bond donors (Lipinski definition) is 13. The summed E-state index contributed by atoms with van der Waals surface area (Å²) >= 11 is 0. The highest BCUT2D eigenvalue weighted by Crippen LogP contribution is 1.93. The van der Waals surface area contributed by atoms with Crippen LogP contribution in [0.25, 0.3) is 0 Å². The smallest absolute Gasteiger partial charge is 0.329 e. The Balaban J connectivity index is -0.0000000995. The van der Waals surface area contributed by atoms with Gasteiger partial charge in [-0.3, -0.25) is 28.8 Å². The van der Waals surface area contributed by atoms with Gasteiger partial charge < -0.3 is 74.3 Å². The standard InChI is InChI=1S/C5H8O4.C4H10N2O2.C4H6O5.C3H10N2.C3H7NO2.C3H4O4/c6-4(7)2-1-3-5(8)9;5-2-1-3(6)4(7)8;5-3(6)1-9-2-4(7)8;4-2-1-3-5;4-2-1-3(5)6;4-2(5)1-3(6)7/h1-3H2,(H,6,7)(H,8,9);3H,1-2,5-6H2,(H,7,8);1-2H2,(H,5,6)(H,7,8);1-5H2;1-2,4H2,(H,5,6);1H2,(H,4,5)(H,6,7). The first-order chi connectivity index (χ1) is 20.2. The Kier molecular flexibility index (Phi) is 48.2. The van der Waals surface area contributed by atoms with E-state index in [1.165, 1.54) is 0 Å². The molecular weight excluding hydrogens is 606 g/mol. The molecule has 1 atom stereocenters. The van der Waals surface area contributed by atoms with E-state index in [-0.39, 0.29) is 32.2 Å². The Morgan fingerprint density at radius 1 is 0.477 bits per heavy atom. The molecule has 260 valence electrons. The van der Waals surface area contributed by atoms with Crippen LogP contribution >= 0.6 is 0 Å². The molecule has 22 heteroatoms. The van der Waals surface area contributed by atoms with Gasteiger partial charge in [-0.2, -0.15) is 0 Å². The van der Waals surface area contributed by atoms with E-state index in [0.717, 1.165) is 19.5 Å². The summed E-state index contributed by atoms with van der Waals surface area (Å²) in [4.78, 5) is 77.2. The summed E-state index contributed by atoms with van der Waals surface area (Å²) in [6.07, 6.45) is 0.637. The minimum absolute atomic E-state index is 0.0632. The molecule has 18 N–H and O–H groups in total. The second-order valence-corrected chi connectivity index (χ2v) is 7.27. The Labute approximate surface area is 251 Å². The predicted octanol–water partition coefficient (Wildman–Crippen LogP) is -3.50. The van der Waals surface area contributed by atoms with Crippen molar-refractivity contribution in [3.8, 4) is 0 Å². The van der Waals surface area contributed by atoms with Crippen LogP contribution in [0, 0.1) is 0 Å². The second kappa shape index (κ2) is 40.7.